The van der Waals surface area contributed by atoms with E-state index in [0.717, 1.165) is 24.4 Å². The van der Waals surface area contributed by atoms with Gasteiger partial charge in [-0.15, -0.1) is 11.3 Å². The molecule has 7 nitrogen and oxygen atoms in total. The Morgan fingerprint density at radius 1 is 1.22 bits per heavy atom. The zero-order valence-corrected chi connectivity index (χ0v) is 21.9. The van der Waals surface area contributed by atoms with Crippen molar-refractivity contribution in [2.75, 3.05) is 6.79 Å². The number of thiophene rings is 1. The third-order valence-corrected chi connectivity index (χ3v) is 7.81. The van der Waals surface area contributed by atoms with Crippen LogP contribution in [0, 0.1) is 17.0 Å². The van der Waals surface area contributed by atoms with Crippen molar-refractivity contribution in [2.45, 2.75) is 26.4 Å². The van der Waals surface area contributed by atoms with Gasteiger partial charge in [0.1, 0.15) is 11.6 Å². The maximum absolute atomic E-state index is 13.9. The van der Waals surface area contributed by atoms with Gasteiger partial charge in [0.2, 0.25) is 12.7 Å². The van der Waals surface area contributed by atoms with Gasteiger partial charge in [0.05, 0.1) is 5.41 Å². The molecule has 2 aromatic carbocycles. The third kappa shape index (κ3) is 6.57. The van der Waals surface area contributed by atoms with Gasteiger partial charge in [0.25, 0.3) is 0 Å². The van der Waals surface area contributed by atoms with Crippen molar-refractivity contribution in [3.8, 4) is 0 Å². The van der Waals surface area contributed by atoms with Gasteiger partial charge in [-0.25, -0.2) is 8.78 Å². The SMILES string of the molecule is CC(C)(C)C(=O)OCOP(=O)(O)C(C(=O)NC=Cc1c(F)cccc1F)c1csc2ccc(Cl)cc12. The van der Waals surface area contributed by atoms with Crippen molar-refractivity contribution >= 4 is 58.6 Å². The number of carbonyl (C=O) groups excluding carboxylic acids is 2. The molecule has 192 valence electrons. The first-order chi connectivity index (χ1) is 16.8. The highest BCUT2D eigenvalue weighted by atomic mass is 35.5. The van der Waals surface area contributed by atoms with E-state index in [1.165, 1.54) is 28.8 Å². The number of rotatable bonds is 8. The summed E-state index contributed by atoms with van der Waals surface area (Å²) in [4.78, 5) is 35.9. The van der Waals surface area contributed by atoms with E-state index < -0.39 is 54.5 Å². The predicted octanol–water partition coefficient (Wildman–Crippen LogP) is 6.41. The van der Waals surface area contributed by atoms with Crippen LogP contribution < -0.4 is 5.32 Å². The second-order valence-electron chi connectivity index (χ2n) is 8.70. The van der Waals surface area contributed by atoms with Gasteiger partial charge in [-0.05, 0) is 73.5 Å². The Morgan fingerprint density at radius 2 is 1.89 bits per heavy atom. The highest BCUT2D eigenvalue weighted by Crippen LogP contribution is 2.58. The molecular formula is C24H23ClF2NO6PS. The van der Waals surface area contributed by atoms with Crippen LogP contribution in [0.4, 0.5) is 8.78 Å². The summed E-state index contributed by atoms with van der Waals surface area (Å²) in [5.74, 6) is -3.37. The highest BCUT2D eigenvalue weighted by molar-refractivity contribution is 7.54. The lowest BCUT2D eigenvalue weighted by atomic mass is 9.98. The number of esters is 1. The lowest BCUT2D eigenvalue weighted by Crippen LogP contribution is -2.27. The quantitative estimate of drug-likeness (QED) is 0.188. The molecular weight excluding hydrogens is 535 g/mol. The molecule has 0 fully saturated rings. The normalized spacial score (nSPS) is 14.5. The van der Waals surface area contributed by atoms with Crippen LogP contribution in [-0.4, -0.2) is 23.6 Å². The predicted molar refractivity (Wildman–Crippen MR) is 134 cm³/mol. The fraction of sp³-hybridized carbons (Fsp3) is 0.250. The first kappa shape index (κ1) is 28.0. The summed E-state index contributed by atoms with van der Waals surface area (Å²) < 4.78 is 51.7. The Hall–Kier alpha value is -2.62. The van der Waals surface area contributed by atoms with Crippen LogP contribution in [0.2, 0.25) is 5.02 Å². The number of benzene rings is 2. The molecule has 1 amide bonds. The highest BCUT2D eigenvalue weighted by Gasteiger charge is 2.42. The Morgan fingerprint density at radius 3 is 2.53 bits per heavy atom. The van der Waals surface area contributed by atoms with E-state index in [2.05, 4.69) is 5.32 Å². The minimum atomic E-state index is -4.81. The van der Waals surface area contributed by atoms with Crippen molar-refractivity contribution in [1.29, 1.82) is 0 Å². The smallest absolute Gasteiger partial charge is 0.347 e. The number of nitrogens with one attached hydrogen (secondary N) is 1. The van der Waals surface area contributed by atoms with E-state index in [1.54, 1.807) is 32.9 Å². The molecule has 36 heavy (non-hydrogen) atoms. The van der Waals surface area contributed by atoms with Gasteiger partial charge >= 0.3 is 13.6 Å². The van der Waals surface area contributed by atoms with Crippen LogP contribution in [0.3, 0.4) is 0 Å². The Balaban J connectivity index is 1.91. The van der Waals surface area contributed by atoms with Gasteiger partial charge in [0, 0.05) is 21.5 Å². The van der Waals surface area contributed by atoms with E-state index in [9.17, 15) is 27.8 Å². The van der Waals surface area contributed by atoms with Crippen molar-refractivity contribution in [3.05, 3.63) is 75.8 Å². The zero-order chi connectivity index (χ0) is 26.7. The Bertz CT molecular complexity index is 1350. The van der Waals surface area contributed by atoms with Crippen molar-refractivity contribution < 1.29 is 37.1 Å². The molecule has 0 aliphatic heterocycles. The van der Waals surface area contributed by atoms with Crippen LogP contribution in [0.25, 0.3) is 16.2 Å². The third-order valence-electron chi connectivity index (χ3n) is 4.95. The van der Waals surface area contributed by atoms with Gasteiger partial charge < -0.3 is 14.9 Å². The monoisotopic (exact) mass is 557 g/mol. The van der Waals surface area contributed by atoms with Crippen LogP contribution in [-0.2, 0) is 23.4 Å². The lowest BCUT2D eigenvalue weighted by Gasteiger charge is -2.22. The summed E-state index contributed by atoms with van der Waals surface area (Å²) >= 11 is 7.30. The van der Waals surface area contributed by atoms with E-state index in [4.69, 9.17) is 20.9 Å². The molecule has 0 spiro atoms. The second-order valence-corrected chi connectivity index (χ2v) is 12.0. The molecule has 12 heteroatoms. The van der Waals surface area contributed by atoms with E-state index in [0.29, 0.717) is 15.1 Å². The lowest BCUT2D eigenvalue weighted by molar-refractivity contribution is -0.159. The summed E-state index contributed by atoms with van der Waals surface area (Å²) in [6, 6.07) is 8.14. The van der Waals surface area contributed by atoms with Gasteiger partial charge in [-0.2, -0.15) is 0 Å². The number of fused-ring (bicyclic) bond motifs is 1. The maximum Gasteiger partial charge on any atom is 0.347 e. The number of amides is 1. The molecule has 1 aromatic heterocycles. The van der Waals surface area contributed by atoms with Gasteiger partial charge in [-0.1, -0.05) is 17.7 Å². The fourth-order valence-corrected chi connectivity index (χ4v) is 5.63. The molecule has 2 atom stereocenters. The number of carbonyl (C=O) groups is 2. The van der Waals surface area contributed by atoms with Crippen LogP contribution in [0.15, 0.2) is 48.0 Å². The molecule has 0 saturated carbocycles. The van der Waals surface area contributed by atoms with E-state index in [-0.39, 0.29) is 5.56 Å². The van der Waals surface area contributed by atoms with Crippen molar-refractivity contribution in [1.82, 2.24) is 5.32 Å². The topological polar surface area (TPSA) is 102 Å². The number of hydrogen-bond donors (Lipinski definition) is 2. The summed E-state index contributed by atoms with van der Waals surface area (Å²) in [6.07, 6.45) is 1.94. The molecule has 0 radical (unpaired) electrons. The maximum atomic E-state index is 13.9. The fourth-order valence-electron chi connectivity index (χ4n) is 3.10. The molecule has 2 unspecified atom stereocenters. The summed E-state index contributed by atoms with van der Waals surface area (Å²) in [6.45, 7) is 3.91. The summed E-state index contributed by atoms with van der Waals surface area (Å²) in [5.41, 5.74) is -2.91. The Kier molecular flexibility index (Phi) is 8.69. The minimum Gasteiger partial charge on any atom is -0.438 e. The van der Waals surface area contributed by atoms with Crippen molar-refractivity contribution in [3.63, 3.8) is 0 Å². The largest absolute Gasteiger partial charge is 0.438 e. The molecule has 0 saturated heterocycles. The number of halogens is 3. The molecule has 2 N–H and O–H groups in total. The molecule has 3 aromatic rings. The van der Waals surface area contributed by atoms with Crippen LogP contribution in [0.5, 0.6) is 0 Å². The summed E-state index contributed by atoms with van der Waals surface area (Å²) in [7, 11) is -4.81. The first-order valence-corrected chi connectivity index (χ1v) is 13.4. The first-order valence-electron chi connectivity index (χ1n) is 10.5. The molecule has 0 bridgehead atoms. The average Bonchev–Trinajstić information content (AvgIpc) is 3.17. The second kappa shape index (κ2) is 11.2. The molecule has 1 heterocycles. The van der Waals surface area contributed by atoms with Crippen LogP contribution >= 0.6 is 30.5 Å². The van der Waals surface area contributed by atoms with Crippen LogP contribution in [0.1, 0.15) is 37.6 Å². The number of hydrogen-bond acceptors (Lipinski definition) is 6. The van der Waals surface area contributed by atoms with Gasteiger partial charge in [0.15, 0.2) is 5.66 Å². The molecule has 0 aliphatic carbocycles. The Labute approximate surface area is 215 Å². The number of ether oxygens (including phenoxy) is 1. The van der Waals surface area contributed by atoms with Gasteiger partial charge in [-0.3, -0.25) is 18.7 Å². The van der Waals surface area contributed by atoms with Crippen molar-refractivity contribution in [2.24, 2.45) is 5.41 Å². The standard InChI is InChI=1S/C24H23ClF2NO6PS/c1-24(2,3)23(30)33-13-34-35(31,32)21(17-12-36-20-8-7-14(25)11-16(17)20)22(29)28-10-9-15-18(26)5-4-6-19(15)27/h4-12,21H,13H2,1-3H3,(H,28,29)(H,31,32). The average molecular weight is 558 g/mol. The molecule has 3 rings (SSSR count). The van der Waals surface area contributed by atoms with E-state index >= 15 is 0 Å². The zero-order valence-electron chi connectivity index (χ0n) is 19.5. The minimum absolute atomic E-state index is 0.147. The molecule has 0 aliphatic rings. The van der Waals surface area contributed by atoms with E-state index in [1.807, 2.05) is 0 Å². The summed E-state index contributed by atoms with van der Waals surface area (Å²) in [5, 5.41) is 4.58.